The Balaban J connectivity index is 4.36. The SMILES string of the molecule is COC(=O)N(CCC=O)C(C)(C)C. The third-order valence-corrected chi connectivity index (χ3v) is 1.68. The molecule has 0 aromatic heterocycles. The van der Waals surface area contributed by atoms with Crippen LogP contribution in [-0.4, -0.2) is 36.5 Å². The normalized spacial score (nSPS) is 10.8. The fourth-order valence-electron chi connectivity index (χ4n) is 0.993. The van der Waals surface area contributed by atoms with Gasteiger partial charge < -0.3 is 14.4 Å². The quantitative estimate of drug-likeness (QED) is 0.628. The average molecular weight is 187 g/mol. The van der Waals surface area contributed by atoms with Crippen LogP contribution in [0.1, 0.15) is 27.2 Å². The molecule has 0 saturated heterocycles. The zero-order valence-electron chi connectivity index (χ0n) is 8.66. The Bertz CT molecular complexity index is 184. The maximum Gasteiger partial charge on any atom is 0.409 e. The lowest BCUT2D eigenvalue weighted by Gasteiger charge is -2.33. The Morgan fingerprint density at radius 2 is 2.00 bits per heavy atom. The van der Waals surface area contributed by atoms with Gasteiger partial charge in [-0.2, -0.15) is 0 Å². The first kappa shape index (κ1) is 11.9. The van der Waals surface area contributed by atoms with E-state index < -0.39 is 6.09 Å². The second-order valence-corrected chi connectivity index (χ2v) is 3.75. The van der Waals surface area contributed by atoms with E-state index in [9.17, 15) is 9.59 Å². The molecule has 0 bridgehead atoms. The molecule has 13 heavy (non-hydrogen) atoms. The first-order valence-electron chi connectivity index (χ1n) is 4.22. The van der Waals surface area contributed by atoms with Gasteiger partial charge in [0.1, 0.15) is 6.29 Å². The van der Waals surface area contributed by atoms with Crippen LogP contribution in [0, 0.1) is 0 Å². The van der Waals surface area contributed by atoms with Crippen molar-refractivity contribution in [3.05, 3.63) is 0 Å². The molecule has 76 valence electrons. The highest BCUT2D eigenvalue weighted by atomic mass is 16.5. The van der Waals surface area contributed by atoms with E-state index in [-0.39, 0.29) is 5.54 Å². The van der Waals surface area contributed by atoms with Crippen molar-refractivity contribution in [2.45, 2.75) is 32.7 Å². The Kier molecular flexibility index (Phi) is 4.45. The van der Waals surface area contributed by atoms with Crippen LogP contribution in [0.15, 0.2) is 0 Å². The van der Waals surface area contributed by atoms with Crippen molar-refractivity contribution in [2.75, 3.05) is 13.7 Å². The molecule has 1 amide bonds. The number of hydrogen-bond donors (Lipinski definition) is 0. The first-order valence-corrected chi connectivity index (χ1v) is 4.22. The number of carbonyl (C=O) groups is 2. The third-order valence-electron chi connectivity index (χ3n) is 1.68. The monoisotopic (exact) mass is 187 g/mol. The number of rotatable bonds is 3. The first-order chi connectivity index (χ1) is 5.93. The van der Waals surface area contributed by atoms with Crippen LogP contribution in [0.3, 0.4) is 0 Å². The van der Waals surface area contributed by atoms with Crippen molar-refractivity contribution < 1.29 is 14.3 Å². The van der Waals surface area contributed by atoms with Crippen LogP contribution < -0.4 is 0 Å². The van der Waals surface area contributed by atoms with Gasteiger partial charge in [-0.05, 0) is 20.8 Å². The standard InChI is InChI=1S/C9H17NO3/c1-9(2,3)10(6-5-7-11)8(12)13-4/h7H,5-6H2,1-4H3. The summed E-state index contributed by atoms with van der Waals surface area (Å²) in [5.74, 6) is 0. The van der Waals surface area contributed by atoms with Crippen molar-refractivity contribution in [1.29, 1.82) is 0 Å². The van der Waals surface area contributed by atoms with Crippen LogP contribution in [0.4, 0.5) is 4.79 Å². The zero-order valence-corrected chi connectivity index (χ0v) is 8.66. The molecule has 0 spiro atoms. The smallest absolute Gasteiger partial charge is 0.409 e. The molecule has 0 unspecified atom stereocenters. The van der Waals surface area contributed by atoms with Crippen LogP contribution in [-0.2, 0) is 9.53 Å². The zero-order chi connectivity index (χ0) is 10.5. The van der Waals surface area contributed by atoms with Crippen molar-refractivity contribution >= 4 is 12.4 Å². The Morgan fingerprint density at radius 1 is 1.46 bits per heavy atom. The van der Waals surface area contributed by atoms with E-state index in [1.54, 1.807) is 0 Å². The molecule has 0 rings (SSSR count). The topological polar surface area (TPSA) is 46.6 Å². The number of amides is 1. The summed E-state index contributed by atoms with van der Waals surface area (Å²) in [5, 5.41) is 0. The van der Waals surface area contributed by atoms with Gasteiger partial charge in [0.05, 0.1) is 7.11 Å². The van der Waals surface area contributed by atoms with Crippen molar-refractivity contribution in [2.24, 2.45) is 0 Å². The number of nitrogens with zero attached hydrogens (tertiary/aromatic N) is 1. The van der Waals surface area contributed by atoms with Gasteiger partial charge >= 0.3 is 6.09 Å². The third kappa shape index (κ3) is 3.92. The lowest BCUT2D eigenvalue weighted by Crippen LogP contribution is -2.46. The average Bonchev–Trinajstić information content (AvgIpc) is 2.02. The van der Waals surface area contributed by atoms with Crippen LogP contribution in [0.2, 0.25) is 0 Å². The number of methoxy groups -OCH3 is 1. The minimum atomic E-state index is -0.394. The minimum Gasteiger partial charge on any atom is -0.453 e. The van der Waals surface area contributed by atoms with E-state index in [4.69, 9.17) is 0 Å². The lowest BCUT2D eigenvalue weighted by molar-refractivity contribution is -0.108. The highest BCUT2D eigenvalue weighted by molar-refractivity contribution is 5.68. The molecular weight excluding hydrogens is 170 g/mol. The molecule has 0 aliphatic heterocycles. The maximum absolute atomic E-state index is 11.3. The summed E-state index contributed by atoms with van der Waals surface area (Å²) in [7, 11) is 1.34. The number of ether oxygens (including phenoxy) is 1. The summed E-state index contributed by atoms with van der Waals surface area (Å²) >= 11 is 0. The van der Waals surface area contributed by atoms with Crippen LogP contribution in [0.25, 0.3) is 0 Å². The largest absolute Gasteiger partial charge is 0.453 e. The summed E-state index contributed by atoms with van der Waals surface area (Å²) < 4.78 is 4.61. The predicted molar refractivity (Wildman–Crippen MR) is 49.5 cm³/mol. The van der Waals surface area contributed by atoms with Crippen molar-refractivity contribution in [1.82, 2.24) is 4.90 Å². The molecule has 0 aliphatic carbocycles. The van der Waals surface area contributed by atoms with Crippen LogP contribution in [0.5, 0.6) is 0 Å². The second kappa shape index (κ2) is 4.84. The van der Waals surface area contributed by atoms with Gasteiger partial charge in [0.15, 0.2) is 0 Å². The van der Waals surface area contributed by atoms with Gasteiger partial charge in [-0.25, -0.2) is 4.79 Å². The summed E-state index contributed by atoms with van der Waals surface area (Å²) in [6.45, 7) is 6.10. The number of aldehydes is 1. The molecule has 0 atom stereocenters. The molecule has 0 fully saturated rings. The Morgan fingerprint density at radius 3 is 2.31 bits per heavy atom. The Labute approximate surface area is 78.9 Å². The minimum absolute atomic E-state index is 0.309. The number of hydrogen-bond acceptors (Lipinski definition) is 3. The Hall–Kier alpha value is -1.06. The van der Waals surface area contributed by atoms with E-state index >= 15 is 0 Å². The predicted octanol–water partition coefficient (Wildman–Crippen LogP) is 1.44. The molecular formula is C9H17NO3. The molecule has 0 aromatic carbocycles. The molecule has 0 heterocycles. The molecule has 4 heteroatoms. The van der Waals surface area contributed by atoms with Gasteiger partial charge in [0.2, 0.25) is 0 Å². The molecule has 0 aromatic rings. The summed E-state index contributed by atoms with van der Waals surface area (Å²) in [5.41, 5.74) is -0.309. The molecule has 4 nitrogen and oxygen atoms in total. The van der Waals surface area contributed by atoms with Gasteiger partial charge in [-0.3, -0.25) is 0 Å². The molecule has 0 aliphatic rings. The highest BCUT2D eigenvalue weighted by Gasteiger charge is 2.26. The van der Waals surface area contributed by atoms with Crippen LogP contribution >= 0.6 is 0 Å². The van der Waals surface area contributed by atoms with Gasteiger partial charge in [0, 0.05) is 18.5 Å². The van der Waals surface area contributed by atoms with E-state index in [0.717, 1.165) is 6.29 Å². The maximum atomic E-state index is 11.3. The van der Waals surface area contributed by atoms with E-state index in [1.807, 2.05) is 20.8 Å². The summed E-state index contributed by atoms with van der Waals surface area (Å²) in [6, 6.07) is 0. The second-order valence-electron chi connectivity index (χ2n) is 3.75. The van der Waals surface area contributed by atoms with Gasteiger partial charge in [-0.15, -0.1) is 0 Å². The fraction of sp³-hybridized carbons (Fsp3) is 0.778. The van der Waals surface area contributed by atoms with E-state index in [0.29, 0.717) is 13.0 Å². The highest BCUT2D eigenvalue weighted by Crippen LogP contribution is 2.14. The lowest BCUT2D eigenvalue weighted by atomic mass is 10.1. The molecule has 0 saturated carbocycles. The van der Waals surface area contributed by atoms with Gasteiger partial charge in [0.25, 0.3) is 0 Å². The summed E-state index contributed by atoms with van der Waals surface area (Å²) in [6.07, 6.45) is 0.739. The number of carbonyl (C=O) groups excluding carboxylic acids is 2. The van der Waals surface area contributed by atoms with Gasteiger partial charge in [-0.1, -0.05) is 0 Å². The van der Waals surface area contributed by atoms with E-state index in [2.05, 4.69) is 4.74 Å². The van der Waals surface area contributed by atoms with Crippen molar-refractivity contribution in [3.8, 4) is 0 Å². The van der Waals surface area contributed by atoms with E-state index in [1.165, 1.54) is 12.0 Å². The molecule has 0 N–H and O–H groups in total. The van der Waals surface area contributed by atoms with Crippen molar-refractivity contribution in [3.63, 3.8) is 0 Å². The fourth-order valence-corrected chi connectivity index (χ4v) is 0.993. The molecule has 0 radical (unpaired) electrons. The summed E-state index contributed by atoms with van der Waals surface area (Å²) in [4.78, 5) is 22.9.